The van der Waals surface area contributed by atoms with Crippen molar-refractivity contribution in [2.24, 2.45) is 0 Å². The van der Waals surface area contributed by atoms with Crippen molar-refractivity contribution in [3.8, 4) is 0 Å². The molecule has 2 aromatic carbocycles. The maximum absolute atomic E-state index is 12.3. The first-order valence-electron chi connectivity index (χ1n) is 8.89. The van der Waals surface area contributed by atoms with Crippen LogP contribution in [0.4, 0.5) is 16.2 Å². The van der Waals surface area contributed by atoms with Gasteiger partial charge in [-0.1, -0.05) is 35.9 Å². The smallest absolute Gasteiger partial charge is 0.319 e. The predicted molar refractivity (Wildman–Crippen MR) is 107 cm³/mol. The van der Waals surface area contributed by atoms with E-state index < -0.39 is 0 Å². The maximum atomic E-state index is 12.3. The van der Waals surface area contributed by atoms with Gasteiger partial charge in [-0.3, -0.25) is 0 Å². The number of rotatable bonds is 5. The van der Waals surface area contributed by atoms with Crippen molar-refractivity contribution >= 4 is 29.0 Å². The minimum absolute atomic E-state index is 0.0752. The second-order valence-electron chi connectivity index (χ2n) is 6.45. The molecule has 1 aliphatic heterocycles. The molecule has 27 heavy (non-hydrogen) atoms. The number of nitrogens with zero attached hydrogens (tertiary/aromatic N) is 1. The van der Waals surface area contributed by atoms with Gasteiger partial charge in [-0.05, 0) is 48.4 Å². The Balaban J connectivity index is 1.47. The molecule has 3 aromatic rings. The third-order valence-electron chi connectivity index (χ3n) is 4.71. The molecule has 5 nitrogen and oxygen atoms in total. The largest absolute Gasteiger partial charge is 0.467 e. The van der Waals surface area contributed by atoms with Crippen LogP contribution in [0.2, 0.25) is 5.02 Å². The van der Waals surface area contributed by atoms with E-state index in [4.69, 9.17) is 16.0 Å². The van der Waals surface area contributed by atoms with Crippen LogP contribution >= 0.6 is 11.6 Å². The van der Waals surface area contributed by atoms with Crippen molar-refractivity contribution in [2.75, 3.05) is 23.3 Å². The second kappa shape index (κ2) is 7.76. The van der Waals surface area contributed by atoms with Gasteiger partial charge in [-0.15, -0.1) is 0 Å². The van der Waals surface area contributed by atoms with Crippen LogP contribution in [-0.2, 0) is 6.42 Å². The van der Waals surface area contributed by atoms with Crippen molar-refractivity contribution in [2.45, 2.75) is 12.5 Å². The summed E-state index contributed by atoms with van der Waals surface area (Å²) in [5.74, 6) is 0.828. The van der Waals surface area contributed by atoms with Crippen LogP contribution in [0.1, 0.15) is 17.4 Å². The fraction of sp³-hybridized carbons (Fsp3) is 0.190. The van der Waals surface area contributed by atoms with Crippen molar-refractivity contribution in [3.05, 3.63) is 83.3 Å². The third kappa shape index (κ3) is 3.93. The highest BCUT2D eigenvalue weighted by molar-refractivity contribution is 6.30. The number of furan rings is 1. The number of anilines is 2. The van der Waals surface area contributed by atoms with Gasteiger partial charge in [0.15, 0.2) is 0 Å². The number of benzene rings is 2. The highest BCUT2D eigenvalue weighted by Crippen LogP contribution is 2.34. The number of halogens is 1. The number of urea groups is 1. The molecule has 138 valence electrons. The molecule has 2 heterocycles. The van der Waals surface area contributed by atoms with Gasteiger partial charge in [0.2, 0.25) is 0 Å². The highest BCUT2D eigenvalue weighted by atomic mass is 35.5. The molecule has 2 N–H and O–H groups in total. The monoisotopic (exact) mass is 381 g/mol. The van der Waals surface area contributed by atoms with Crippen molar-refractivity contribution in [1.29, 1.82) is 0 Å². The van der Waals surface area contributed by atoms with Crippen molar-refractivity contribution < 1.29 is 9.21 Å². The molecule has 0 aliphatic carbocycles. The summed E-state index contributed by atoms with van der Waals surface area (Å²) in [4.78, 5) is 14.6. The quantitative estimate of drug-likeness (QED) is 0.663. The number of fused-ring (bicyclic) bond motifs is 1. The average molecular weight is 382 g/mol. The molecule has 4 rings (SSSR count). The standard InChI is InChI=1S/C21H20ClN3O2/c22-16-6-3-7-17(13-16)24-21(26)23-14-19(20-9-4-12-27-20)25-11-10-15-5-1-2-8-18(15)25/h1-9,12-13,19H,10-11,14H2,(H2,23,24,26). The fourth-order valence-corrected chi connectivity index (χ4v) is 3.65. The molecule has 0 radical (unpaired) electrons. The molecule has 0 fully saturated rings. The van der Waals surface area contributed by atoms with Crippen LogP contribution in [0, 0.1) is 0 Å². The Morgan fingerprint density at radius 1 is 1.15 bits per heavy atom. The molecule has 6 heteroatoms. The van der Waals surface area contributed by atoms with E-state index in [0.29, 0.717) is 17.3 Å². The average Bonchev–Trinajstić information content (AvgIpc) is 3.33. The lowest BCUT2D eigenvalue weighted by Crippen LogP contribution is -2.39. The lowest BCUT2D eigenvalue weighted by molar-refractivity contribution is 0.251. The van der Waals surface area contributed by atoms with E-state index in [0.717, 1.165) is 18.7 Å². The van der Waals surface area contributed by atoms with Gasteiger partial charge in [0.05, 0.1) is 6.26 Å². The van der Waals surface area contributed by atoms with Gasteiger partial charge >= 0.3 is 6.03 Å². The highest BCUT2D eigenvalue weighted by Gasteiger charge is 2.29. The Labute approximate surface area is 162 Å². The number of carbonyl (C=O) groups is 1. The van der Waals surface area contributed by atoms with Gasteiger partial charge in [-0.25, -0.2) is 4.79 Å². The molecule has 0 bridgehead atoms. The van der Waals surface area contributed by atoms with E-state index in [1.165, 1.54) is 11.3 Å². The topological polar surface area (TPSA) is 57.5 Å². The summed E-state index contributed by atoms with van der Waals surface area (Å²) in [7, 11) is 0. The first kappa shape index (κ1) is 17.5. The Hall–Kier alpha value is -2.92. The first-order valence-corrected chi connectivity index (χ1v) is 9.27. The zero-order chi connectivity index (χ0) is 18.6. The maximum Gasteiger partial charge on any atom is 0.319 e. The summed E-state index contributed by atoms with van der Waals surface area (Å²) in [5, 5.41) is 6.34. The number of carbonyl (C=O) groups excluding carboxylic acids is 1. The molecule has 1 unspecified atom stereocenters. The first-order chi connectivity index (χ1) is 13.2. The second-order valence-corrected chi connectivity index (χ2v) is 6.89. The van der Waals surface area contributed by atoms with Crippen LogP contribution in [0.25, 0.3) is 0 Å². The van der Waals surface area contributed by atoms with Gasteiger partial charge in [0.25, 0.3) is 0 Å². The Morgan fingerprint density at radius 2 is 2.04 bits per heavy atom. The summed E-state index contributed by atoms with van der Waals surface area (Å²) < 4.78 is 5.66. The summed E-state index contributed by atoms with van der Waals surface area (Å²) in [6.07, 6.45) is 2.65. The SMILES string of the molecule is O=C(NCC(c1ccco1)N1CCc2ccccc21)Nc1cccc(Cl)c1. The minimum Gasteiger partial charge on any atom is -0.467 e. The fourth-order valence-electron chi connectivity index (χ4n) is 3.46. The van der Waals surface area contributed by atoms with Crippen LogP contribution in [0.3, 0.4) is 0 Å². The Morgan fingerprint density at radius 3 is 2.85 bits per heavy atom. The summed E-state index contributed by atoms with van der Waals surface area (Å²) in [6, 6.07) is 18.9. The van der Waals surface area contributed by atoms with Gasteiger partial charge in [0.1, 0.15) is 11.8 Å². The van der Waals surface area contributed by atoms with E-state index >= 15 is 0 Å². The van der Waals surface area contributed by atoms with Crippen LogP contribution in [0.15, 0.2) is 71.3 Å². The Bertz CT molecular complexity index is 927. The molecule has 1 aliphatic rings. The van der Waals surface area contributed by atoms with E-state index in [1.54, 1.807) is 30.5 Å². The van der Waals surface area contributed by atoms with Gasteiger partial charge in [-0.2, -0.15) is 0 Å². The number of hydrogen-bond acceptors (Lipinski definition) is 3. The number of hydrogen-bond donors (Lipinski definition) is 2. The van der Waals surface area contributed by atoms with E-state index in [-0.39, 0.29) is 12.1 Å². The van der Waals surface area contributed by atoms with Gasteiger partial charge < -0.3 is 20.0 Å². The zero-order valence-electron chi connectivity index (χ0n) is 14.7. The molecule has 1 aromatic heterocycles. The number of para-hydroxylation sites is 1. The lowest BCUT2D eigenvalue weighted by Gasteiger charge is -2.29. The molecule has 0 saturated heterocycles. The minimum atomic E-state index is -0.277. The molecule has 2 amide bonds. The van der Waals surface area contributed by atoms with Crippen LogP contribution in [-0.4, -0.2) is 19.1 Å². The zero-order valence-corrected chi connectivity index (χ0v) is 15.4. The summed E-state index contributed by atoms with van der Waals surface area (Å²) in [5.41, 5.74) is 3.16. The van der Waals surface area contributed by atoms with Gasteiger partial charge in [0, 0.05) is 29.5 Å². The predicted octanol–water partition coefficient (Wildman–Crippen LogP) is 4.86. The van der Waals surface area contributed by atoms with Crippen molar-refractivity contribution in [3.63, 3.8) is 0 Å². The van der Waals surface area contributed by atoms with E-state index in [2.05, 4.69) is 33.7 Å². The molecule has 1 atom stereocenters. The van der Waals surface area contributed by atoms with Crippen LogP contribution < -0.4 is 15.5 Å². The molecule has 0 spiro atoms. The third-order valence-corrected chi connectivity index (χ3v) is 4.94. The lowest BCUT2D eigenvalue weighted by atomic mass is 10.1. The van der Waals surface area contributed by atoms with Crippen molar-refractivity contribution in [1.82, 2.24) is 5.32 Å². The summed E-state index contributed by atoms with van der Waals surface area (Å²) in [6.45, 7) is 1.32. The Kier molecular flexibility index (Phi) is 5.03. The molecule has 0 saturated carbocycles. The van der Waals surface area contributed by atoms with Crippen LogP contribution in [0.5, 0.6) is 0 Å². The normalized spacial score (nSPS) is 13.9. The summed E-state index contributed by atoms with van der Waals surface area (Å²) >= 11 is 5.97. The number of nitrogens with one attached hydrogen (secondary N) is 2. The number of amides is 2. The van der Waals surface area contributed by atoms with E-state index in [1.807, 2.05) is 18.2 Å². The molecular formula is C21H20ClN3O2. The van der Waals surface area contributed by atoms with E-state index in [9.17, 15) is 4.79 Å². The molecular weight excluding hydrogens is 362 g/mol.